The van der Waals surface area contributed by atoms with Gasteiger partial charge in [-0.2, -0.15) is 0 Å². The van der Waals surface area contributed by atoms with Crippen molar-refractivity contribution < 1.29 is 4.74 Å². The van der Waals surface area contributed by atoms with Crippen LogP contribution in [0.1, 0.15) is 19.3 Å². The summed E-state index contributed by atoms with van der Waals surface area (Å²) >= 11 is 0. The third kappa shape index (κ3) is 1.67. The molecule has 3 nitrogen and oxygen atoms in total. The van der Waals surface area contributed by atoms with Crippen LogP contribution < -0.4 is 5.32 Å². The summed E-state index contributed by atoms with van der Waals surface area (Å²) in [7, 11) is 0. The van der Waals surface area contributed by atoms with Crippen LogP contribution in [-0.4, -0.2) is 49.3 Å². The lowest BCUT2D eigenvalue weighted by molar-refractivity contribution is -0.109. The maximum absolute atomic E-state index is 5.84. The van der Waals surface area contributed by atoms with E-state index in [4.69, 9.17) is 4.74 Å². The van der Waals surface area contributed by atoms with Crippen molar-refractivity contribution in [3.63, 3.8) is 0 Å². The van der Waals surface area contributed by atoms with Gasteiger partial charge in [0.1, 0.15) is 0 Å². The molecule has 3 atom stereocenters. The van der Waals surface area contributed by atoms with Gasteiger partial charge in [-0.1, -0.05) is 0 Å². The highest BCUT2D eigenvalue weighted by atomic mass is 35.5. The van der Waals surface area contributed by atoms with E-state index in [0.717, 1.165) is 13.2 Å². The summed E-state index contributed by atoms with van der Waals surface area (Å²) < 4.78 is 5.84. The zero-order chi connectivity index (χ0) is 8.67. The fraction of sp³-hybridized carbons (Fsp3) is 1.00. The molecule has 14 heavy (non-hydrogen) atoms. The van der Waals surface area contributed by atoms with E-state index in [0.29, 0.717) is 18.2 Å². The van der Waals surface area contributed by atoms with E-state index in [1.54, 1.807) is 0 Å². The van der Waals surface area contributed by atoms with Crippen molar-refractivity contribution >= 4 is 12.4 Å². The van der Waals surface area contributed by atoms with E-state index >= 15 is 0 Å². The lowest BCUT2D eigenvalue weighted by Crippen LogP contribution is -2.67. The van der Waals surface area contributed by atoms with Gasteiger partial charge < -0.3 is 10.1 Å². The Labute approximate surface area is 91.6 Å². The molecule has 3 fully saturated rings. The van der Waals surface area contributed by atoms with Crippen LogP contribution in [0.5, 0.6) is 0 Å². The number of piperazine rings is 1. The number of ether oxygens (including phenoxy) is 1. The normalized spacial score (nSPS) is 42.4. The lowest BCUT2D eigenvalue weighted by atomic mass is 9.84. The Hall–Kier alpha value is 0.170. The maximum Gasteiger partial charge on any atom is 0.0746 e. The molecule has 0 aromatic rings. The number of halogens is 1. The molecule has 2 saturated heterocycles. The summed E-state index contributed by atoms with van der Waals surface area (Å²) in [5.74, 6) is 0. The van der Waals surface area contributed by atoms with Crippen LogP contribution in [0.2, 0.25) is 0 Å². The average Bonchev–Trinajstić information content (AvgIpc) is 2.19. The molecule has 2 aliphatic heterocycles. The van der Waals surface area contributed by atoms with Crippen molar-refractivity contribution in [3.05, 3.63) is 0 Å². The number of rotatable bonds is 0. The summed E-state index contributed by atoms with van der Waals surface area (Å²) in [6.07, 6.45) is 4.49. The average molecular weight is 219 g/mol. The Balaban J connectivity index is 0.000000750. The highest BCUT2D eigenvalue weighted by Crippen LogP contribution is 2.30. The first kappa shape index (κ1) is 10.7. The van der Waals surface area contributed by atoms with Gasteiger partial charge in [0.25, 0.3) is 0 Å². The summed E-state index contributed by atoms with van der Waals surface area (Å²) in [6, 6.07) is 1.41. The van der Waals surface area contributed by atoms with Crippen LogP contribution in [0, 0.1) is 0 Å². The number of hydrogen-bond acceptors (Lipinski definition) is 3. The number of hydrogen-bond donors (Lipinski definition) is 1. The SMILES string of the molecule is C1CC2NCCN3CCOC(C1)C23.Cl. The van der Waals surface area contributed by atoms with Gasteiger partial charge in [0.15, 0.2) is 0 Å². The Morgan fingerprint density at radius 2 is 2.14 bits per heavy atom. The molecule has 3 aliphatic rings. The Morgan fingerprint density at radius 3 is 3.07 bits per heavy atom. The first-order valence-corrected chi connectivity index (χ1v) is 5.54. The molecular weight excluding hydrogens is 200 g/mol. The zero-order valence-corrected chi connectivity index (χ0v) is 9.26. The quantitative estimate of drug-likeness (QED) is 0.646. The number of nitrogens with one attached hydrogen (secondary N) is 1. The third-order valence-corrected chi connectivity index (χ3v) is 3.73. The fourth-order valence-corrected chi connectivity index (χ4v) is 3.16. The highest BCUT2D eigenvalue weighted by Gasteiger charge is 2.41. The van der Waals surface area contributed by atoms with Gasteiger partial charge in [-0.25, -0.2) is 0 Å². The topological polar surface area (TPSA) is 24.5 Å². The molecule has 1 saturated carbocycles. The Morgan fingerprint density at radius 1 is 1.21 bits per heavy atom. The molecule has 1 N–H and O–H groups in total. The second-order valence-electron chi connectivity index (χ2n) is 4.43. The van der Waals surface area contributed by atoms with Gasteiger partial charge in [-0.05, 0) is 19.3 Å². The summed E-state index contributed by atoms with van der Waals surface area (Å²) in [6.45, 7) is 4.50. The molecule has 0 spiro atoms. The van der Waals surface area contributed by atoms with Gasteiger partial charge >= 0.3 is 0 Å². The van der Waals surface area contributed by atoms with E-state index in [1.165, 1.54) is 32.4 Å². The molecule has 0 aromatic carbocycles. The predicted molar refractivity (Wildman–Crippen MR) is 58.0 cm³/mol. The van der Waals surface area contributed by atoms with Gasteiger partial charge in [-0.15, -0.1) is 12.4 Å². The van der Waals surface area contributed by atoms with Gasteiger partial charge in [0.2, 0.25) is 0 Å². The van der Waals surface area contributed by atoms with Crippen molar-refractivity contribution in [1.29, 1.82) is 0 Å². The molecule has 82 valence electrons. The molecule has 0 aromatic heterocycles. The van der Waals surface area contributed by atoms with Gasteiger partial charge in [0, 0.05) is 25.7 Å². The molecule has 4 heteroatoms. The predicted octanol–water partition coefficient (Wildman–Crippen LogP) is 0.633. The maximum atomic E-state index is 5.84. The lowest BCUT2D eigenvalue weighted by Gasteiger charge is -2.51. The Kier molecular flexibility index (Phi) is 3.32. The van der Waals surface area contributed by atoms with E-state index in [9.17, 15) is 0 Å². The van der Waals surface area contributed by atoms with E-state index in [2.05, 4.69) is 10.2 Å². The monoisotopic (exact) mass is 218 g/mol. The second-order valence-corrected chi connectivity index (χ2v) is 4.43. The van der Waals surface area contributed by atoms with Crippen molar-refractivity contribution in [1.82, 2.24) is 10.2 Å². The second kappa shape index (κ2) is 4.35. The minimum absolute atomic E-state index is 0. The Bertz CT molecular complexity index is 157. The largest absolute Gasteiger partial charge is 0.375 e. The minimum atomic E-state index is 0. The van der Waals surface area contributed by atoms with E-state index in [-0.39, 0.29) is 12.4 Å². The summed E-state index contributed by atoms with van der Waals surface area (Å²) in [5.41, 5.74) is 0. The van der Waals surface area contributed by atoms with Crippen molar-refractivity contribution in [2.75, 3.05) is 26.2 Å². The van der Waals surface area contributed by atoms with Crippen LogP contribution in [0.4, 0.5) is 0 Å². The fourth-order valence-electron chi connectivity index (χ4n) is 3.16. The number of nitrogens with zero attached hydrogens (tertiary/aromatic N) is 1. The zero-order valence-electron chi connectivity index (χ0n) is 8.45. The van der Waals surface area contributed by atoms with Crippen molar-refractivity contribution in [2.45, 2.75) is 37.5 Å². The molecule has 1 aliphatic carbocycles. The molecule has 3 unspecified atom stereocenters. The summed E-state index contributed by atoms with van der Waals surface area (Å²) in [4.78, 5) is 2.63. The molecule has 2 heterocycles. The van der Waals surface area contributed by atoms with Crippen LogP contribution in [0.15, 0.2) is 0 Å². The standard InChI is InChI=1S/C10H18N2O.ClH/c1-2-8-10-9(3-1)13-7-6-12(10)5-4-11-8;/h8-11H,1-7H2;1H. The van der Waals surface area contributed by atoms with Crippen LogP contribution in [-0.2, 0) is 4.74 Å². The van der Waals surface area contributed by atoms with E-state index < -0.39 is 0 Å². The van der Waals surface area contributed by atoms with Gasteiger partial charge in [-0.3, -0.25) is 4.90 Å². The summed E-state index contributed by atoms with van der Waals surface area (Å²) in [5, 5.41) is 3.63. The molecular formula is C10H19ClN2O. The highest BCUT2D eigenvalue weighted by molar-refractivity contribution is 5.85. The van der Waals surface area contributed by atoms with Crippen LogP contribution >= 0.6 is 12.4 Å². The smallest absolute Gasteiger partial charge is 0.0746 e. The first-order valence-electron chi connectivity index (χ1n) is 5.54. The molecule has 0 bridgehead atoms. The molecule has 0 radical (unpaired) electrons. The van der Waals surface area contributed by atoms with Crippen molar-refractivity contribution in [2.24, 2.45) is 0 Å². The molecule has 0 amide bonds. The van der Waals surface area contributed by atoms with Gasteiger partial charge in [0.05, 0.1) is 18.8 Å². The van der Waals surface area contributed by atoms with Crippen LogP contribution in [0.25, 0.3) is 0 Å². The van der Waals surface area contributed by atoms with Crippen molar-refractivity contribution in [3.8, 4) is 0 Å². The number of morpholine rings is 1. The van der Waals surface area contributed by atoms with Crippen LogP contribution in [0.3, 0.4) is 0 Å². The molecule has 3 rings (SSSR count). The third-order valence-electron chi connectivity index (χ3n) is 3.73. The first-order chi connectivity index (χ1) is 6.45. The minimum Gasteiger partial charge on any atom is -0.375 e. The van der Waals surface area contributed by atoms with E-state index in [1.807, 2.05) is 0 Å².